The molecule has 0 saturated carbocycles. The molecule has 1 aromatic rings. The van der Waals surface area contributed by atoms with Crippen LogP contribution in [0.4, 0.5) is 0 Å². The minimum atomic E-state index is 0.00762. The number of ether oxygens (including phenoxy) is 1. The second-order valence-corrected chi connectivity index (χ2v) is 4.70. The minimum Gasteiger partial charge on any atom is -0.385 e. The van der Waals surface area contributed by atoms with Crippen LogP contribution in [0.2, 0.25) is 5.02 Å². The Balaban J connectivity index is 2.64. The largest absolute Gasteiger partial charge is 0.385 e. The molecule has 1 unspecified atom stereocenters. The van der Waals surface area contributed by atoms with Crippen molar-refractivity contribution in [2.45, 2.75) is 18.9 Å². The van der Waals surface area contributed by atoms with E-state index >= 15 is 0 Å². The van der Waals surface area contributed by atoms with Crippen LogP contribution >= 0.6 is 27.5 Å². The van der Waals surface area contributed by atoms with Crippen LogP contribution in [0.1, 0.15) is 24.4 Å². The number of methoxy groups -OCH3 is 1. The fourth-order valence-electron chi connectivity index (χ4n) is 1.40. The number of halogens is 2. The maximum Gasteiger partial charge on any atom is 0.0462 e. The molecule has 0 heterocycles. The molecule has 2 N–H and O–H groups in total. The average Bonchev–Trinajstić information content (AvgIpc) is 2.22. The van der Waals surface area contributed by atoms with E-state index in [1.165, 1.54) is 0 Å². The Morgan fingerprint density at radius 3 is 2.93 bits per heavy atom. The van der Waals surface area contributed by atoms with Gasteiger partial charge in [-0.05, 0) is 36.6 Å². The van der Waals surface area contributed by atoms with Crippen LogP contribution in [0.5, 0.6) is 0 Å². The smallest absolute Gasteiger partial charge is 0.0462 e. The molecule has 1 rings (SSSR count). The second-order valence-electron chi connectivity index (χ2n) is 3.41. The lowest BCUT2D eigenvalue weighted by atomic mass is 10.0. The van der Waals surface area contributed by atoms with Crippen molar-refractivity contribution < 1.29 is 4.74 Å². The monoisotopic (exact) mass is 291 g/mol. The Bertz CT molecular complexity index is 319. The molecule has 0 spiro atoms. The summed E-state index contributed by atoms with van der Waals surface area (Å²) in [6.07, 6.45) is 1.85. The van der Waals surface area contributed by atoms with Gasteiger partial charge in [0, 0.05) is 29.3 Å². The van der Waals surface area contributed by atoms with E-state index in [9.17, 15) is 0 Å². The van der Waals surface area contributed by atoms with Crippen molar-refractivity contribution in [3.8, 4) is 0 Å². The molecule has 84 valence electrons. The number of benzene rings is 1. The van der Waals surface area contributed by atoms with Crippen LogP contribution in [0.3, 0.4) is 0 Å². The number of hydrogen-bond donors (Lipinski definition) is 1. The first-order chi connectivity index (χ1) is 7.15. The van der Waals surface area contributed by atoms with Crippen LogP contribution < -0.4 is 5.73 Å². The van der Waals surface area contributed by atoms with E-state index in [0.717, 1.165) is 34.5 Å². The fraction of sp³-hybridized carbons (Fsp3) is 0.455. The summed E-state index contributed by atoms with van der Waals surface area (Å²) >= 11 is 9.39. The summed E-state index contributed by atoms with van der Waals surface area (Å²) in [6, 6.07) is 5.68. The van der Waals surface area contributed by atoms with Crippen molar-refractivity contribution in [2.75, 3.05) is 13.7 Å². The molecule has 0 aliphatic heterocycles. The molecular formula is C11H15BrClNO. The summed E-state index contributed by atoms with van der Waals surface area (Å²) in [5.41, 5.74) is 7.12. The summed E-state index contributed by atoms with van der Waals surface area (Å²) in [6.45, 7) is 0.742. The van der Waals surface area contributed by atoms with E-state index in [2.05, 4.69) is 15.9 Å². The normalized spacial score (nSPS) is 12.8. The summed E-state index contributed by atoms with van der Waals surface area (Å²) in [7, 11) is 1.70. The highest BCUT2D eigenvalue weighted by atomic mass is 79.9. The topological polar surface area (TPSA) is 35.2 Å². The first-order valence-electron chi connectivity index (χ1n) is 4.84. The molecule has 0 bridgehead atoms. The van der Waals surface area contributed by atoms with Crippen LogP contribution in [0.25, 0.3) is 0 Å². The SMILES string of the molecule is COCCCC(N)c1cc(Cl)ccc1Br. The van der Waals surface area contributed by atoms with Crippen molar-refractivity contribution in [3.05, 3.63) is 33.3 Å². The van der Waals surface area contributed by atoms with Gasteiger partial charge in [0.2, 0.25) is 0 Å². The highest BCUT2D eigenvalue weighted by Crippen LogP contribution is 2.27. The van der Waals surface area contributed by atoms with Gasteiger partial charge in [-0.1, -0.05) is 27.5 Å². The highest BCUT2D eigenvalue weighted by Gasteiger charge is 2.09. The molecule has 0 amide bonds. The maximum absolute atomic E-state index is 6.06. The molecule has 0 fully saturated rings. The summed E-state index contributed by atoms with van der Waals surface area (Å²) in [5, 5.41) is 0.718. The molecule has 15 heavy (non-hydrogen) atoms. The zero-order valence-electron chi connectivity index (χ0n) is 8.67. The first-order valence-corrected chi connectivity index (χ1v) is 6.01. The quantitative estimate of drug-likeness (QED) is 0.843. The molecule has 2 nitrogen and oxygen atoms in total. The molecule has 0 radical (unpaired) electrons. The van der Waals surface area contributed by atoms with Gasteiger partial charge in [-0.25, -0.2) is 0 Å². The zero-order chi connectivity index (χ0) is 11.3. The van der Waals surface area contributed by atoms with Gasteiger partial charge in [-0.3, -0.25) is 0 Å². The first kappa shape index (κ1) is 13.0. The molecule has 0 aliphatic carbocycles. The molecule has 1 aromatic carbocycles. The number of hydrogen-bond acceptors (Lipinski definition) is 2. The molecular weight excluding hydrogens is 277 g/mol. The minimum absolute atomic E-state index is 0.00762. The Morgan fingerprint density at radius 2 is 2.27 bits per heavy atom. The molecule has 4 heteroatoms. The van der Waals surface area contributed by atoms with Crippen molar-refractivity contribution in [2.24, 2.45) is 5.73 Å². The maximum atomic E-state index is 6.06. The van der Waals surface area contributed by atoms with Gasteiger partial charge in [0.05, 0.1) is 0 Å². The molecule has 0 saturated heterocycles. The molecule has 0 aliphatic rings. The highest BCUT2D eigenvalue weighted by molar-refractivity contribution is 9.10. The third-order valence-electron chi connectivity index (χ3n) is 2.22. The van der Waals surface area contributed by atoms with E-state index < -0.39 is 0 Å². The fourth-order valence-corrected chi connectivity index (χ4v) is 2.12. The van der Waals surface area contributed by atoms with Crippen molar-refractivity contribution >= 4 is 27.5 Å². The Labute approximate surface area is 104 Å². The standard InChI is InChI=1S/C11H15BrClNO/c1-15-6-2-3-11(14)9-7-8(13)4-5-10(9)12/h4-5,7,11H,2-3,6,14H2,1H3. The third-order valence-corrected chi connectivity index (χ3v) is 3.18. The van der Waals surface area contributed by atoms with Gasteiger partial charge in [0.15, 0.2) is 0 Å². The van der Waals surface area contributed by atoms with Gasteiger partial charge in [0.25, 0.3) is 0 Å². The van der Waals surface area contributed by atoms with Crippen LogP contribution in [0, 0.1) is 0 Å². The Morgan fingerprint density at radius 1 is 1.53 bits per heavy atom. The molecule has 1 atom stereocenters. The lowest BCUT2D eigenvalue weighted by Crippen LogP contribution is -2.11. The van der Waals surface area contributed by atoms with E-state index in [1.54, 1.807) is 7.11 Å². The van der Waals surface area contributed by atoms with Crippen molar-refractivity contribution in [1.82, 2.24) is 0 Å². The van der Waals surface area contributed by atoms with Crippen LogP contribution in [-0.4, -0.2) is 13.7 Å². The van der Waals surface area contributed by atoms with Crippen LogP contribution in [0.15, 0.2) is 22.7 Å². The number of nitrogens with two attached hydrogens (primary N) is 1. The average molecular weight is 293 g/mol. The third kappa shape index (κ3) is 4.11. The lowest BCUT2D eigenvalue weighted by Gasteiger charge is -2.13. The van der Waals surface area contributed by atoms with Gasteiger partial charge in [-0.2, -0.15) is 0 Å². The van der Waals surface area contributed by atoms with E-state index in [-0.39, 0.29) is 6.04 Å². The lowest BCUT2D eigenvalue weighted by molar-refractivity contribution is 0.190. The zero-order valence-corrected chi connectivity index (χ0v) is 11.0. The van der Waals surface area contributed by atoms with E-state index in [1.807, 2.05) is 18.2 Å². The van der Waals surface area contributed by atoms with Gasteiger partial charge in [0.1, 0.15) is 0 Å². The van der Waals surface area contributed by atoms with E-state index in [4.69, 9.17) is 22.1 Å². The summed E-state index contributed by atoms with van der Waals surface area (Å²) in [4.78, 5) is 0. The van der Waals surface area contributed by atoms with Crippen molar-refractivity contribution in [1.29, 1.82) is 0 Å². The van der Waals surface area contributed by atoms with Crippen LogP contribution in [-0.2, 0) is 4.74 Å². The summed E-state index contributed by atoms with van der Waals surface area (Å²) < 4.78 is 6.00. The number of rotatable bonds is 5. The van der Waals surface area contributed by atoms with Crippen molar-refractivity contribution in [3.63, 3.8) is 0 Å². The summed E-state index contributed by atoms with van der Waals surface area (Å²) in [5.74, 6) is 0. The Kier molecular flexibility index (Phi) is 5.61. The van der Waals surface area contributed by atoms with Gasteiger partial charge < -0.3 is 10.5 Å². The van der Waals surface area contributed by atoms with E-state index in [0.29, 0.717) is 0 Å². The Hall–Kier alpha value is -0.0900. The van der Waals surface area contributed by atoms with Gasteiger partial charge in [-0.15, -0.1) is 0 Å². The second kappa shape index (κ2) is 6.48. The predicted octanol–water partition coefficient (Wildman–Crippen LogP) is 3.53. The van der Waals surface area contributed by atoms with Gasteiger partial charge >= 0.3 is 0 Å². The predicted molar refractivity (Wildman–Crippen MR) is 67.2 cm³/mol. The molecule has 0 aromatic heterocycles.